The zero-order valence-electron chi connectivity index (χ0n) is 12.4. The summed E-state index contributed by atoms with van der Waals surface area (Å²) >= 11 is 5.87. The summed E-state index contributed by atoms with van der Waals surface area (Å²) in [6, 6.07) is 9.78. The van der Waals surface area contributed by atoms with Gasteiger partial charge in [-0.05, 0) is 37.3 Å². The zero-order valence-corrected chi connectivity index (χ0v) is 13.2. The van der Waals surface area contributed by atoms with Gasteiger partial charge >= 0.3 is 6.03 Å². The van der Waals surface area contributed by atoms with Crippen LogP contribution in [0.5, 0.6) is 5.75 Å². The van der Waals surface area contributed by atoms with Crippen LogP contribution in [-0.2, 0) is 10.3 Å². The number of benzene rings is 1. The summed E-state index contributed by atoms with van der Waals surface area (Å²) in [4.78, 5) is 25.7. The van der Waals surface area contributed by atoms with Gasteiger partial charge in [0.25, 0.3) is 5.91 Å². The molecular formula is C16H15ClN2O4. The van der Waals surface area contributed by atoms with Crippen LogP contribution in [0.25, 0.3) is 0 Å². The topological polar surface area (TPSA) is 71.8 Å². The van der Waals surface area contributed by atoms with Gasteiger partial charge in [-0.15, -0.1) is 0 Å². The highest BCUT2D eigenvalue weighted by atomic mass is 35.5. The summed E-state index contributed by atoms with van der Waals surface area (Å²) in [6.45, 7) is 1.92. The number of furan rings is 1. The molecule has 1 fully saturated rings. The van der Waals surface area contributed by atoms with Crippen molar-refractivity contribution in [2.24, 2.45) is 0 Å². The minimum absolute atomic E-state index is 0.132. The highest BCUT2D eigenvalue weighted by molar-refractivity contribution is 6.30. The predicted molar refractivity (Wildman–Crippen MR) is 83.3 cm³/mol. The van der Waals surface area contributed by atoms with Crippen molar-refractivity contribution in [1.29, 1.82) is 0 Å². The van der Waals surface area contributed by atoms with Gasteiger partial charge in [0.15, 0.2) is 5.54 Å². The number of rotatable bonds is 5. The Morgan fingerprint density at radius 1 is 1.30 bits per heavy atom. The van der Waals surface area contributed by atoms with Gasteiger partial charge in [0.1, 0.15) is 18.1 Å². The maximum atomic E-state index is 12.5. The third-order valence-corrected chi connectivity index (χ3v) is 3.90. The highest BCUT2D eigenvalue weighted by Gasteiger charge is 2.50. The van der Waals surface area contributed by atoms with Gasteiger partial charge in [0, 0.05) is 5.02 Å². The van der Waals surface area contributed by atoms with E-state index in [9.17, 15) is 9.59 Å². The molecule has 0 saturated carbocycles. The maximum Gasteiger partial charge on any atom is 0.325 e. The molecule has 0 spiro atoms. The number of amides is 3. The third kappa shape index (κ3) is 2.90. The second-order valence-electron chi connectivity index (χ2n) is 5.30. The average molecular weight is 335 g/mol. The smallest absolute Gasteiger partial charge is 0.325 e. The largest absolute Gasteiger partial charge is 0.492 e. The number of hydrogen-bond acceptors (Lipinski definition) is 4. The Bertz CT molecular complexity index is 731. The number of urea groups is 1. The van der Waals surface area contributed by atoms with Crippen LogP contribution in [0.1, 0.15) is 12.7 Å². The molecule has 120 valence electrons. The van der Waals surface area contributed by atoms with Crippen LogP contribution in [0.3, 0.4) is 0 Å². The first-order chi connectivity index (χ1) is 11.0. The molecule has 1 unspecified atom stereocenters. The third-order valence-electron chi connectivity index (χ3n) is 3.67. The fourth-order valence-corrected chi connectivity index (χ4v) is 2.62. The number of nitrogens with zero attached hydrogens (tertiary/aromatic N) is 1. The monoisotopic (exact) mass is 334 g/mol. The van der Waals surface area contributed by atoms with Crippen molar-refractivity contribution in [2.75, 3.05) is 13.2 Å². The Hall–Kier alpha value is -2.47. The Labute approximate surface area is 138 Å². The van der Waals surface area contributed by atoms with Crippen molar-refractivity contribution < 1.29 is 18.7 Å². The van der Waals surface area contributed by atoms with Crippen LogP contribution in [0, 0.1) is 0 Å². The molecular weight excluding hydrogens is 320 g/mol. The van der Waals surface area contributed by atoms with Crippen LogP contribution >= 0.6 is 11.6 Å². The summed E-state index contributed by atoms with van der Waals surface area (Å²) < 4.78 is 10.8. The fourth-order valence-electron chi connectivity index (χ4n) is 2.44. The van der Waals surface area contributed by atoms with E-state index < -0.39 is 11.6 Å². The Morgan fingerprint density at radius 3 is 2.83 bits per heavy atom. The second kappa shape index (κ2) is 5.96. The van der Waals surface area contributed by atoms with Gasteiger partial charge in [-0.1, -0.05) is 17.7 Å². The molecule has 1 aromatic heterocycles. The van der Waals surface area contributed by atoms with Gasteiger partial charge in [-0.2, -0.15) is 0 Å². The predicted octanol–water partition coefficient (Wildman–Crippen LogP) is 2.78. The van der Waals surface area contributed by atoms with Gasteiger partial charge < -0.3 is 14.5 Å². The minimum Gasteiger partial charge on any atom is -0.492 e. The van der Waals surface area contributed by atoms with Crippen molar-refractivity contribution in [3.63, 3.8) is 0 Å². The summed E-state index contributed by atoms with van der Waals surface area (Å²) in [5.41, 5.74) is -1.18. The number of ether oxygens (including phenoxy) is 1. The molecule has 0 radical (unpaired) electrons. The van der Waals surface area contributed by atoms with Crippen LogP contribution in [0.15, 0.2) is 47.1 Å². The van der Waals surface area contributed by atoms with E-state index in [1.807, 2.05) is 0 Å². The lowest BCUT2D eigenvalue weighted by molar-refractivity contribution is -0.131. The van der Waals surface area contributed by atoms with Crippen LogP contribution < -0.4 is 10.1 Å². The van der Waals surface area contributed by atoms with Gasteiger partial charge in [0.2, 0.25) is 0 Å². The van der Waals surface area contributed by atoms with E-state index in [1.54, 1.807) is 43.3 Å². The van der Waals surface area contributed by atoms with Crippen molar-refractivity contribution in [2.45, 2.75) is 12.5 Å². The molecule has 23 heavy (non-hydrogen) atoms. The molecule has 3 amide bonds. The quantitative estimate of drug-likeness (QED) is 0.853. The molecule has 1 saturated heterocycles. The number of carbonyl (C=O) groups excluding carboxylic acids is 2. The van der Waals surface area contributed by atoms with Crippen molar-refractivity contribution in [1.82, 2.24) is 10.2 Å². The second-order valence-corrected chi connectivity index (χ2v) is 5.73. The molecule has 6 nitrogen and oxygen atoms in total. The minimum atomic E-state index is -1.18. The molecule has 1 atom stereocenters. The van der Waals surface area contributed by atoms with Gasteiger partial charge in [-0.3, -0.25) is 9.69 Å². The SMILES string of the molecule is CC1(c2ccco2)NC(=O)N(CCOc2cccc(Cl)c2)C1=O. The lowest BCUT2D eigenvalue weighted by Gasteiger charge is -2.19. The molecule has 0 aliphatic carbocycles. The Kier molecular flexibility index (Phi) is 4.00. The number of nitrogens with one attached hydrogen (secondary N) is 1. The average Bonchev–Trinajstić information content (AvgIpc) is 3.11. The normalized spacial score (nSPS) is 20.7. The molecule has 1 aromatic carbocycles. The zero-order chi connectivity index (χ0) is 16.4. The van der Waals surface area contributed by atoms with Gasteiger partial charge in [-0.25, -0.2) is 4.79 Å². The van der Waals surface area contributed by atoms with E-state index in [-0.39, 0.29) is 19.1 Å². The molecule has 1 N–H and O–H groups in total. The van der Waals surface area contributed by atoms with E-state index in [1.165, 1.54) is 6.26 Å². The number of carbonyl (C=O) groups is 2. The van der Waals surface area contributed by atoms with E-state index in [0.29, 0.717) is 16.5 Å². The lowest BCUT2D eigenvalue weighted by Crippen LogP contribution is -2.41. The molecule has 7 heteroatoms. The highest BCUT2D eigenvalue weighted by Crippen LogP contribution is 2.28. The molecule has 2 aromatic rings. The molecule has 0 bridgehead atoms. The van der Waals surface area contributed by atoms with Crippen LogP contribution in [-0.4, -0.2) is 30.0 Å². The van der Waals surface area contributed by atoms with Crippen molar-refractivity contribution in [3.8, 4) is 5.75 Å². The van der Waals surface area contributed by atoms with Crippen LogP contribution in [0.2, 0.25) is 5.02 Å². The van der Waals surface area contributed by atoms with E-state index >= 15 is 0 Å². The molecule has 1 aliphatic heterocycles. The number of hydrogen-bond donors (Lipinski definition) is 1. The fraction of sp³-hybridized carbons (Fsp3) is 0.250. The van der Waals surface area contributed by atoms with E-state index in [0.717, 1.165) is 4.90 Å². The maximum absolute atomic E-state index is 12.5. The van der Waals surface area contributed by atoms with Crippen LogP contribution in [0.4, 0.5) is 4.79 Å². The molecule has 1 aliphatic rings. The first-order valence-electron chi connectivity index (χ1n) is 7.07. The summed E-state index contributed by atoms with van der Waals surface area (Å²) in [5, 5.41) is 3.22. The standard InChI is InChI=1S/C16H15ClN2O4/c1-16(13-6-3-8-23-13)14(20)19(15(21)18-16)7-9-22-12-5-2-4-11(17)10-12/h2-6,8,10H,7,9H2,1H3,(H,18,21). The Balaban J connectivity index is 1.65. The van der Waals surface area contributed by atoms with Crippen molar-refractivity contribution >= 4 is 23.5 Å². The first kappa shape index (κ1) is 15.4. The number of halogens is 1. The van der Waals surface area contributed by atoms with E-state index in [2.05, 4.69) is 5.32 Å². The summed E-state index contributed by atoms with van der Waals surface area (Å²) in [7, 11) is 0. The summed E-state index contributed by atoms with van der Waals surface area (Å²) in [6.07, 6.45) is 1.46. The summed E-state index contributed by atoms with van der Waals surface area (Å²) in [5.74, 6) is 0.611. The first-order valence-corrected chi connectivity index (χ1v) is 7.45. The van der Waals surface area contributed by atoms with Crippen molar-refractivity contribution in [3.05, 3.63) is 53.4 Å². The van der Waals surface area contributed by atoms with Gasteiger partial charge in [0.05, 0.1) is 12.8 Å². The lowest BCUT2D eigenvalue weighted by atomic mass is 9.99. The molecule has 3 rings (SSSR count). The Morgan fingerprint density at radius 2 is 2.13 bits per heavy atom. The molecule has 2 heterocycles. The van der Waals surface area contributed by atoms with E-state index in [4.69, 9.17) is 20.8 Å². The number of imide groups is 1.